The zero-order valence-corrected chi connectivity index (χ0v) is 20.4. The summed E-state index contributed by atoms with van der Waals surface area (Å²) in [6.45, 7) is 7.52. The van der Waals surface area contributed by atoms with Crippen molar-refractivity contribution in [2.75, 3.05) is 23.7 Å². The highest BCUT2D eigenvalue weighted by Gasteiger charge is 2.18. The molecule has 34 heavy (non-hydrogen) atoms. The van der Waals surface area contributed by atoms with Gasteiger partial charge in [0.05, 0.1) is 16.9 Å². The summed E-state index contributed by atoms with van der Waals surface area (Å²) in [5.41, 5.74) is 3.50. The largest absolute Gasteiger partial charge is 0.349 e. The van der Waals surface area contributed by atoms with Crippen LogP contribution < -0.4 is 21.3 Å². The zero-order chi connectivity index (χ0) is 24.1. The maximum absolute atomic E-state index is 12.8. The Hall–Kier alpha value is -3.20. The number of rotatable bonds is 7. The van der Waals surface area contributed by atoms with Crippen LogP contribution in [-0.2, 0) is 0 Å². The second-order valence-corrected chi connectivity index (χ2v) is 9.52. The maximum atomic E-state index is 12.8. The Morgan fingerprint density at radius 3 is 2.74 bits per heavy atom. The van der Waals surface area contributed by atoms with E-state index in [1.165, 1.54) is 17.5 Å². The predicted octanol–water partition coefficient (Wildman–Crippen LogP) is 5.23. The lowest BCUT2D eigenvalue weighted by Crippen LogP contribution is -2.42. The van der Waals surface area contributed by atoms with E-state index in [-0.39, 0.29) is 17.9 Å². The monoisotopic (exact) mass is 495 g/mol. The van der Waals surface area contributed by atoms with Gasteiger partial charge in [-0.25, -0.2) is 4.98 Å². The molecule has 0 unspecified atom stereocenters. The zero-order valence-electron chi connectivity index (χ0n) is 18.8. The van der Waals surface area contributed by atoms with Crippen LogP contribution >= 0.6 is 22.9 Å². The first kappa shape index (κ1) is 23.9. The Bertz CT molecular complexity index is 1200. The Kier molecular flexibility index (Phi) is 7.62. The van der Waals surface area contributed by atoms with Crippen molar-refractivity contribution in [2.45, 2.75) is 25.8 Å². The van der Waals surface area contributed by atoms with E-state index in [4.69, 9.17) is 11.6 Å². The highest BCUT2D eigenvalue weighted by atomic mass is 35.5. The summed E-state index contributed by atoms with van der Waals surface area (Å²) in [7, 11) is 0. The second kappa shape index (κ2) is 10.8. The number of thiazole rings is 1. The van der Waals surface area contributed by atoms with Gasteiger partial charge in [-0.15, -0.1) is 0 Å². The number of nitrogens with zero attached hydrogens (tertiary/aromatic N) is 1. The van der Waals surface area contributed by atoms with Crippen molar-refractivity contribution in [3.63, 3.8) is 0 Å². The number of carbonyl (C=O) groups excluding carboxylic acids is 2. The fourth-order valence-electron chi connectivity index (χ4n) is 3.73. The second-order valence-electron chi connectivity index (χ2n) is 8.09. The lowest BCUT2D eigenvalue weighted by atomic mass is 10.0. The molecule has 2 aromatic carbocycles. The number of benzene rings is 2. The molecular formula is C25H26ClN5O2S. The van der Waals surface area contributed by atoms with Gasteiger partial charge in [-0.1, -0.05) is 47.7 Å². The molecule has 2 amide bonds. The lowest BCUT2D eigenvalue weighted by molar-refractivity contribution is 0.0929. The van der Waals surface area contributed by atoms with Gasteiger partial charge in [0.1, 0.15) is 4.88 Å². The Morgan fingerprint density at radius 2 is 2.00 bits per heavy atom. The third-order valence-electron chi connectivity index (χ3n) is 5.57. The molecule has 1 aliphatic heterocycles. The minimum Gasteiger partial charge on any atom is -0.349 e. The Labute approximate surface area is 207 Å². The van der Waals surface area contributed by atoms with Gasteiger partial charge >= 0.3 is 0 Å². The predicted molar refractivity (Wildman–Crippen MR) is 139 cm³/mol. The highest BCUT2D eigenvalue weighted by molar-refractivity contribution is 7.17. The molecular weight excluding hydrogens is 470 g/mol. The molecule has 0 radical (unpaired) electrons. The highest BCUT2D eigenvalue weighted by Crippen LogP contribution is 2.28. The first-order valence-electron chi connectivity index (χ1n) is 11.0. The van der Waals surface area contributed by atoms with Gasteiger partial charge in [-0.2, -0.15) is 0 Å². The summed E-state index contributed by atoms with van der Waals surface area (Å²) in [5, 5.41) is 13.5. The van der Waals surface area contributed by atoms with Gasteiger partial charge in [0, 0.05) is 17.3 Å². The van der Waals surface area contributed by atoms with E-state index in [0.29, 0.717) is 32.0 Å². The fraction of sp³-hybridized carbons (Fsp3) is 0.240. The van der Waals surface area contributed by atoms with Crippen LogP contribution in [0.3, 0.4) is 0 Å². The van der Waals surface area contributed by atoms with E-state index < -0.39 is 0 Å². The molecule has 0 atom stereocenters. The summed E-state index contributed by atoms with van der Waals surface area (Å²) < 4.78 is 0. The molecule has 3 aromatic rings. The molecule has 7 nitrogen and oxygen atoms in total. The number of amides is 2. The summed E-state index contributed by atoms with van der Waals surface area (Å²) in [6, 6.07) is 11.1. The lowest BCUT2D eigenvalue weighted by Gasteiger charge is -2.23. The number of nitrogens with one attached hydrogen (secondary N) is 4. The van der Waals surface area contributed by atoms with E-state index in [9.17, 15) is 9.59 Å². The number of aromatic nitrogens is 1. The van der Waals surface area contributed by atoms with Crippen LogP contribution in [0.15, 0.2) is 49.2 Å². The van der Waals surface area contributed by atoms with Crippen molar-refractivity contribution in [1.82, 2.24) is 15.6 Å². The van der Waals surface area contributed by atoms with E-state index in [1.54, 1.807) is 24.3 Å². The smallest absolute Gasteiger partial charge is 0.267 e. The van der Waals surface area contributed by atoms with Gasteiger partial charge in [0.25, 0.3) is 11.8 Å². The molecule has 0 spiro atoms. The maximum Gasteiger partial charge on any atom is 0.267 e. The van der Waals surface area contributed by atoms with Gasteiger partial charge in [0.15, 0.2) is 5.13 Å². The number of hydrogen-bond donors (Lipinski definition) is 4. The number of hydrogen-bond acceptors (Lipinski definition) is 6. The number of aryl methyl sites for hydroxylation is 1. The van der Waals surface area contributed by atoms with Gasteiger partial charge in [-0.05, 0) is 68.2 Å². The van der Waals surface area contributed by atoms with Crippen molar-refractivity contribution in [2.24, 2.45) is 0 Å². The van der Waals surface area contributed by atoms with Gasteiger partial charge in [-0.3, -0.25) is 9.59 Å². The van der Waals surface area contributed by atoms with Gasteiger partial charge < -0.3 is 21.3 Å². The molecule has 0 bridgehead atoms. The normalized spacial score (nSPS) is 13.8. The summed E-state index contributed by atoms with van der Waals surface area (Å²) in [5.74, 6) is -0.406. The van der Waals surface area contributed by atoms with Crippen LogP contribution in [0.25, 0.3) is 6.08 Å². The topological polar surface area (TPSA) is 95.2 Å². The molecule has 0 saturated carbocycles. The van der Waals surface area contributed by atoms with E-state index in [0.717, 1.165) is 37.1 Å². The summed E-state index contributed by atoms with van der Waals surface area (Å²) in [4.78, 5) is 30.3. The third-order valence-corrected chi connectivity index (χ3v) is 6.80. The van der Waals surface area contributed by atoms with Crippen molar-refractivity contribution >= 4 is 57.3 Å². The molecule has 4 rings (SSSR count). The molecule has 176 valence electrons. The summed E-state index contributed by atoms with van der Waals surface area (Å²) >= 11 is 7.43. The van der Waals surface area contributed by atoms with E-state index in [2.05, 4.69) is 32.8 Å². The SMILES string of the molecule is C=Cc1cc(Nc2ncc(C(=O)Nc3c(C)cccc3Cl)s2)cc(C(=O)NC2CCNCC2)c1. The fourth-order valence-corrected chi connectivity index (χ4v) is 4.73. The van der Waals surface area contributed by atoms with Crippen molar-refractivity contribution in [3.05, 3.63) is 75.8 Å². The standard InChI is InChI=1S/C25H26ClN5O2S/c1-3-16-11-17(23(32)29-18-7-9-27-10-8-18)13-19(12-16)30-25-28-14-21(34-25)24(33)31-22-15(2)5-4-6-20(22)26/h3-6,11-14,18,27H,1,7-10H2,2H3,(H,28,30)(H,29,32)(H,31,33). The molecule has 1 aliphatic rings. The minimum atomic E-state index is -0.288. The van der Waals surface area contributed by atoms with Crippen LogP contribution in [0.4, 0.5) is 16.5 Å². The van der Waals surface area contributed by atoms with Crippen LogP contribution in [0.2, 0.25) is 5.02 Å². The first-order chi connectivity index (χ1) is 16.4. The molecule has 0 aliphatic carbocycles. The number of piperidine rings is 1. The number of anilines is 3. The Balaban J connectivity index is 1.47. The molecule has 2 heterocycles. The van der Waals surface area contributed by atoms with E-state index in [1.807, 2.05) is 25.1 Å². The van der Waals surface area contributed by atoms with Gasteiger partial charge in [0.2, 0.25) is 0 Å². The third kappa shape index (κ3) is 5.83. The molecule has 4 N–H and O–H groups in total. The quantitative estimate of drug-likeness (QED) is 0.360. The average molecular weight is 496 g/mol. The van der Waals surface area contributed by atoms with Crippen LogP contribution in [0.1, 0.15) is 44.0 Å². The van der Waals surface area contributed by atoms with Crippen molar-refractivity contribution in [3.8, 4) is 0 Å². The Morgan fingerprint density at radius 1 is 1.21 bits per heavy atom. The molecule has 9 heteroatoms. The summed E-state index contributed by atoms with van der Waals surface area (Å²) in [6.07, 6.45) is 5.03. The first-order valence-corrected chi connectivity index (χ1v) is 12.2. The minimum absolute atomic E-state index is 0.118. The number of carbonyl (C=O) groups is 2. The molecule has 1 aromatic heterocycles. The van der Waals surface area contributed by atoms with Crippen LogP contribution in [0, 0.1) is 6.92 Å². The van der Waals surface area contributed by atoms with E-state index >= 15 is 0 Å². The van der Waals surface area contributed by atoms with Crippen LogP contribution in [-0.4, -0.2) is 35.9 Å². The average Bonchev–Trinajstić information content (AvgIpc) is 3.30. The number of para-hydroxylation sites is 1. The van der Waals surface area contributed by atoms with Crippen molar-refractivity contribution < 1.29 is 9.59 Å². The molecule has 1 fully saturated rings. The molecule has 1 saturated heterocycles. The number of halogens is 1. The van der Waals surface area contributed by atoms with Crippen LogP contribution in [0.5, 0.6) is 0 Å². The van der Waals surface area contributed by atoms with Crippen molar-refractivity contribution in [1.29, 1.82) is 0 Å².